The second-order valence-corrected chi connectivity index (χ2v) is 11.0. The highest BCUT2D eigenvalue weighted by molar-refractivity contribution is 7.98. The van der Waals surface area contributed by atoms with E-state index >= 15 is 0 Å². The van der Waals surface area contributed by atoms with Crippen molar-refractivity contribution in [3.8, 4) is 0 Å². The molecule has 1 aliphatic rings. The molecule has 0 saturated heterocycles. The molecule has 0 N–H and O–H groups in total. The topological polar surface area (TPSA) is 52.2 Å². The fraction of sp³-hybridized carbons (Fsp3) is 0.435. The van der Waals surface area contributed by atoms with Gasteiger partial charge in [-0.3, -0.25) is 9.36 Å². The molecule has 1 aliphatic carbocycles. The van der Waals surface area contributed by atoms with Gasteiger partial charge in [-0.1, -0.05) is 62.9 Å². The van der Waals surface area contributed by atoms with Crippen LogP contribution in [0.1, 0.15) is 43.2 Å². The fourth-order valence-electron chi connectivity index (χ4n) is 4.57. The van der Waals surface area contributed by atoms with Gasteiger partial charge in [0.05, 0.1) is 11.9 Å². The summed E-state index contributed by atoms with van der Waals surface area (Å²) in [6.45, 7) is 7.48. The van der Waals surface area contributed by atoms with E-state index in [0.29, 0.717) is 18.2 Å². The Bertz CT molecular complexity index is 1290. The van der Waals surface area contributed by atoms with Gasteiger partial charge in [-0.15, -0.1) is 21.5 Å². The summed E-state index contributed by atoms with van der Waals surface area (Å²) in [5.74, 6) is 1.27. The van der Waals surface area contributed by atoms with Gasteiger partial charge in [0, 0.05) is 4.88 Å². The molecule has 156 valence electrons. The Morgan fingerprint density at radius 3 is 2.67 bits per heavy atom. The third kappa shape index (κ3) is 3.10. The molecule has 0 unspecified atom stereocenters. The average Bonchev–Trinajstić information content (AvgIpc) is 3.32. The second-order valence-electron chi connectivity index (χ2n) is 9.19. The van der Waals surface area contributed by atoms with Gasteiger partial charge in [0.1, 0.15) is 4.83 Å². The molecule has 0 aliphatic heterocycles. The summed E-state index contributed by atoms with van der Waals surface area (Å²) in [5.41, 5.74) is 2.68. The molecular weight excluding hydrogens is 412 g/mol. The number of benzene rings is 1. The van der Waals surface area contributed by atoms with Gasteiger partial charge in [0.2, 0.25) is 5.78 Å². The molecule has 0 radical (unpaired) electrons. The summed E-state index contributed by atoms with van der Waals surface area (Å²) >= 11 is 3.34. The van der Waals surface area contributed by atoms with E-state index in [2.05, 4.69) is 47.5 Å². The largest absolute Gasteiger partial charge is 0.272 e. The van der Waals surface area contributed by atoms with Gasteiger partial charge < -0.3 is 0 Å². The maximum Gasteiger partial charge on any atom is 0.264 e. The first-order valence-electron chi connectivity index (χ1n) is 10.4. The Balaban J connectivity index is 1.77. The van der Waals surface area contributed by atoms with Crippen molar-refractivity contribution in [1.29, 1.82) is 0 Å². The lowest BCUT2D eigenvalue weighted by molar-refractivity contribution is 0.218. The van der Waals surface area contributed by atoms with Crippen LogP contribution in [0.15, 0.2) is 40.3 Å². The zero-order valence-corrected chi connectivity index (χ0v) is 19.4. The first kappa shape index (κ1) is 19.8. The van der Waals surface area contributed by atoms with Crippen LogP contribution in [-0.4, -0.2) is 25.4 Å². The van der Waals surface area contributed by atoms with Crippen LogP contribution in [0.25, 0.3) is 16.0 Å². The molecule has 0 spiro atoms. The van der Waals surface area contributed by atoms with Crippen LogP contribution in [0.3, 0.4) is 0 Å². The smallest absolute Gasteiger partial charge is 0.264 e. The number of thioether (sulfide) groups is 1. The summed E-state index contributed by atoms with van der Waals surface area (Å²) in [6, 6.07) is 10.1. The lowest BCUT2D eigenvalue weighted by atomic mass is 9.72. The van der Waals surface area contributed by atoms with Crippen molar-refractivity contribution < 1.29 is 0 Å². The van der Waals surface area contributed by atoms with Crippen molar-refractivity contribution in [2.45, 2.75) is 51.7 Å². The maximum absolute atomic E-state index is 13.7. The Kier molecular flexibility index (Phi) is 4.78. The molecule has 3 aromatic heterocycles. The Morgan fingerprint density at radius 2 is 1.97 bits per heavy atom. The minimum absolute atomic E-state index is 0.0631. The van der Waals surface area contributed by atoms with Crippen molar-refractivity contribution >= 4 is 39.1 Å². The lowest BCUT2D eigenvalue weighted by Gasteiger charge is -2.33. The second kappa shape index (κ2) is 7.24. The predicted molar refractivity (Wildman–Crippen MR) is 125 cm³/mol. The van der Waals surface area contributed by atoms with E-state index in [1.165, 1.54) is 10.4 Å². The number of hydrogen-bond acceptors (Lipinski definition) is 5. The van der Waals surface area contributed by atoms with E-state index in [0.717, 1.165) is 40.2 Å². The molecule has 5 nitrogen and oxygen atoms in total. The Hall–Kier alpha value is -2.12. The zero-order valence-electron chi connectivity index (χ0n) is 17.8. The van der Waals surface area contributed by atoms with Gasteiger partial charge in [-0.05, 0) is 48.0 Å². The molecule has 4 aromatic rings. The molecule has 0 saturated carbocycles. The van der Waals surface area contributed by atoms with Crippen LogP contribution in [0, 0.1) is 11.3 Å². The van der Waals surface area contributed by atoms with Crippen LogP contribution >= 0.6 is 23.1 Å². The highest BCUT2D eigenvalue weighted by Crippen LogP contribution is 2.43. The number of aryl methyl sites for hydroxylation is 1. The van der Waals surface area contributed by atoms with Crippen LogP contribution in [0.2, 0.25) is 0 Å². The molecule has 7 heteroatoms. The van der Waals surface area contributed by atoms with Gasteiger partial charge >= 0.3 is 0 Å². The number of fused-ring (bicyclic) bond motifs is 5. The zero-order chi connectivity index (χ0) is 21.0. The van der Waals surface area contributed by atoms with Crippen LogP contribution in [0.5, 0.6) is 0 Å². The highest BCUT2D eigenvalue weighted by atomic mass is 32.2. The van der Waals surface area contributed by atoms with Crippen LogP contribution in [0.4, 0.5) is 0 Å². The number of nitrogens with zero attached hydrogens (tertiary/aromatic N) is 4. The Labute approximate surface area is 184 Å². The number of aromatic nitrogens is 4. The predicted octanol–water partition coefficient (Wildman–Crippen LogP) is 5.03. The number of thiophene rings is 1. The fourth-order valence-corrected chi connectivity index (χ4v) is 6.52. The first-order valence-corrected chi connectivity index (χ1v) is 12.4. The van der Waals surface area contributed by atoms with Crippen molar-refractivity contribution in [3.05, 3.63) is 56.7 Å². The third-order valence-corrected chi connectivity index (χ3v) is 8.23. The van der Waals surface area contributed by atoms with E-state index in [-0.39, 0.29) is 11.0 Å². The summed E-state index contributed by atoms with van der Waals surface area (Å²) in [5, 5.41) is 10.5. The van der Waals surface area contributed by atoms with Crippen LogP contribution in [-0.2, 0) is 19.4 Å². The quantitative estimate of drug-likeness (QED) is 0.421. The molecule has 3 heterocycles. The van der Waals surface area contributed by atoms with Crippen molar-refractivity contribution in [1.82, 2.24) is 19.2 Å². The minimum atomic E-state index is 0.0631. The van der Waals surface area contributed by atoms with E-state index in [1.54, 1.807) is 27.7 Å². The van der Waals surface area contributed by atoms with E-state index in [4.69, 9.17) is 0 Å². The number of rotatable bonds is 3. The molecular formula is C23H26N4OS2. The molecule has 0 bridgehead atoms. The van der Waals surface area contributed by atoms with Crippen LogP contribution < -0.4 is 5.56 Å². The molecule has 0 amide bonds. The van der Waals surface area contributed by atoms with Crippen molar-refractivity contribution in [3.63, 3.8) is 0 Å². The SMILES string of the molecule is CSc1nnc2n(Cc3ccccc3)c(=O)c3c4c(sc3n12)C[C@H](C(C)(C)C)CC4. The Morgan fingerprint density at radius 1 is 1.20 bits per heavy atom. The van der Waals surface area contributed by atoms with Gasteiger partial charge in [0.15, 0.2) is 5.16 Å². The van der Waals surface area contributed by atoms with Gasteiger partial charge in [-0.25, -0.2) is 4.40 Å². The van der Waals surface area contributed by atoms with E-state index in [1.807, 2.05) is 24.5 Å². The summed E-state index contributed by atoms with van der Waals surface area (Å²) in [6.07, 6.45) is 5.17. The molecule has 1 atom stereocenters. The third-order valence-electron chi connectivity index (χ3n) is 6.36. The first-order chi connectivity index (χ1) is 14.4. The molecule has 1 aromatic carbocycles. The maximum atomic E-state index is 13.7. The lowest BCUT2D eigenvalue weighted by Crippen LogP contribution is -2.27. The van der Waals surface area contributed by atoms with Crippen molar-refractivity contribution in [2.24, 2.45) is 11.3 Å². The highest BCUT2D eigenvalue weighted by Gasteiger charge is 2.32. The average molecular weight is 439 g/mol. The van der Waals surface area contributed by atoms with E-state index in [9.17, 15) is 4.79 Å². The summed E-state index contributed by atoms with van der Waals surface area (Å²) in [4.78, 5) is 16.1. The normalized spacial score (nSPS) is 17.0. The molecule has 5 rings (SSSR count). The van der Waals surface area contributed by atoms with E-state index < -0.39 is 0 Å². The summed E-state index contributed by atoms with van der Waals surface area (Å²) in [7, 11) is 0. The van der Waals surface area contributed by atoms with Gasteiger partial charge in [-0.2, -0.15) is 0 Å². The number of hydrogen-bond donors (Lipinski definition) is 0. The minimum Gasteiger partial charge on any atom is -0.272 e. The standard InChI is InChI=1S/C23H26N4OS2/c1-23(2,3)15-10-11-16-17(12-15)30-20-18(16)19(28)26(13-14-8-6-5-7-9-14)21-24-25-22(29-4)27(20)21/h5-9,15H,10-13H2,1-4H3/t15-/m1/s1. The molecule has 30 heavy (non-hydrogen) atoms. The van der Waals surface area contributed by atoms with Gasteiger partial charge in [0.25, 0.3) is 5.56 Å². The molecule has 0 fully saturated rings. The summed E-state index contributed by atoms with van der Waals surface area (Å²) < 4.78 is 3.90. The van der Waals surface area contributed by atoms with Crippen molar-refractivity contribution in [2.75, 3.05) is 6.26 Å². The monoisotopic (exact) mass is 438 g/mol.